The number of carboxylic acid groups (broad SMARTS) is 1. The molecule has 0 fully saturated rings. The molecule has 2 aliphatic rings. The number of anilines is 1. The Bertz CT molecular complexity index is 826. The first-order valence-corrected chi connectivity index (χ1v) is 8.71. The maximum absolute atomic E-state index is 11.1. The topological polar surface area (TPSA) is 58.6 Å². The predicted octanol–water partition coefficient (Wildman–Crippen LogP) is 4.61. The van der Waals surface area contributed by atoms with E-state index in [9.17, 15) is 4.79 Å². The van der Waals surface area contributed by atoms with Gasteiger partial charge in [0, 0.05) is 5.92 Å². The number of carboxylic acids is 1. The minimum Gasteiger partial charge on any atom is -0.492 e. The smallest absolute Gasteiger partial charge is 0.335 e. The number of ether oxygens (including phenoxy) is 1. The Morgan fingerprint density at radius 2 is 2.04 bits per heavy atom. The number of hydrogen-bond donors (Lipinski definition) is 2. The molecule has 0 radical (unpaired) electrons. The lowest BCUT2D eigenvalue weighted by Crippen LogP contribution is -2.29. The fourth-order valence-corrected chi connectivity index (χ4v) is 4.03. The van der Waals surface area contributed by atoms with E-state index >= 15 is 0 Å². The fourth-order valence-electron chi connectivity index (χ4n) is 4.03. The molecular formula is C21H21NO3. The zero-order chi connectivity index (χ0) is 17.4. The average molecular weight is 335 g/mol. The van der Waals surface area contributed by atoms with Crippen LogP contribution < -0.4 is 10.1 Å². The van der Waals surface area contributed by atoms with Gasteiger partial charge in [-0.15, -0.1) is 0 Å². The van der Waals surface area contributed by atoms with Crippen LogP contribution in [0.5, 0.6) is 5.75 Å². The molecule has 1 heterocycles. The highest BCUT2D eigenvalue weighted by Gasteiger charge is 2.38. The van der Waals surface area contributed by atoms with Gasteiger partial charge in [0.1, 0.15) is 5.75 Å². The maximum atomic E-state index is 11.1. The highest BCUT2D eigenvalue weighted by Crippen LogP contribution is 2.52. The normalized spacial score (nSPS) is 23.5. The van der Waals surface area contributed by atoms with Crippen molar-refractivity contribution in [3.8, 4) is 5.75 Å². The zero-order valence-corrected chi connectivity index (χ0v) is 14.1. The van der Waals surface area contributed by atoms with E-state index in [0.29, 0.717) is 24.0 Å². The Labute approximate surface area is 147 Å². The molecule has 0 unspecified atom stereocenters. The molecule has 4 rings (SSSR count). The summed E-state index contributed by atoms with van der Waals surface area (Å²) < 4.78 is 5.82. The fraction of sp³-hybridized carbons (Fsp3) is 0.286. The van der Waals surface area contributed by atoms with Crippen LogP contribution >= 0.6 is 0 Å². The van der Waals surface area contributed by atoms with Crippen molar-refractivity contribution in [3.63, 3.8) is 0 Å². The zero-order valence-electron chi connectivity index (χ0n) is 14.1. The first-order chi connectivity index (χ1) is 12.2. The minimum atomic E-state index is -0.896. The number of allylic oxidation sites excluding steroid dienone is 2. The quantitative estimate of drug-likeness (QED) is 0.801. The van der Waals surface area contributed by atoms with Crippen molar-refractivity contribution < 1.29 is 14.6 Å². The van der Waals surface area contributed by atoms with Crippen molar-refractivity contribution >= 4 is 11.7 Å². The van der Waals surface area contributed by atoms with E-state index in [-0.39, 0.29) is 6.04 Å². The van der Waals surface area contributed by atoms with E-state index in [0.717, 1.165) is 23.4 Å². The van der Waals surface area contributed by atoms with Gasteiger partial charge >= 0.3 is 5.97 Å². The van der Waals surface area contributed by atoms with Gasteiger partial charge < -0.3 is 15.2 Å². The largest absolute Gasteiger partial charge is 0.492 e. The molecule has 0 amide bonds. The van der Waals surface area contributed by atoms with Crippen LogP contribution in [0.4, 0.5) is 5.69 Å². The highest BCUT2D eigenvalue weighted by molar-refractivity contribution is 5.87. The van der Waals surface area contributed by atoms with E-state index in [1.807, 2.05) is 25.1 Å². The van der Waals surface area contributed by atoms with Crippen LogP contribution in [0.15, 0.2) is 54.6 Å². The number of fused-ring (bicyclic) bond motifs is 3. The van der Waals surface area contributed by atoms with E-state index < -0.39 is 5.97 Å². The first kappa shape index (κ1) is 15.8. The predicted molar refractivity (Wildman–Crippen MR) is 97.4 cm³/mol. The van der Waals surface area contributed by atoms with Gasteiger partial charge in [0.25, 0.3) is 0 Å². The van der Waals surface area contributed by atoms with Crippen LogP contribution in [-0.2, 0) is 0 Å². The molecule has 2 N–H and O–H groups in total. The molecule has 2 aromatic rings. The second-order valence-corrected chi connectivity index (χ2v) is 6.56. The van der Waals surface area contributed by atoms with Crippen molar-refractivity contribution in [2.75, 3.05) is 11.9 Å². The Morgan fingerprint density at radius 3 is 2.76 bits per heavy atom. The lowest BCUT2D eigenvalue weighted by atomic mass is 9.77. The standard InChI is InChI=1S/C21H21NO3/c1-2-25-18-8-4-7-17-15-5-3-6-16(15)19(22-20(17)18)13-9-11-14(12-10-13)21(23)24/h3-5,7-12,15-16,19,22H,2,6H2,1H3,(H,23,24)/t15-,16+,19+/m0/s1. The van der Waals surface area contributed by atoms with Crippen LogP contribution in [0.1, 0.15) is 46.8 Å². The summed E-state index contributed by atoms with van der Waals surface area (Å²) in [5.74, 6) is 0.777. The van der Waals surface area contributed by atoms with Crippen molar-refractivity contribution in [2.45, 2.75) is 25.3 Å². The van der Waals surface area contributed by atoms with Gasteiger partial charge in [0.05, 0.1) is 23.9 Å². The SMILES string of the molecule is CCOc1cccc2c1N[C@H](c1ccc(C(=O)O)cc1)[C@@H]1CC=C[C@H]21. The molecule has 4 nitrogen and oxygen atoms in total. The Morgan fingerprint density at radius 1 is 1.24 bits per heavy atom. The number of nitrogens with one attached hydrogen (secondary N) is 1. The number of benzene rings is 2. The van der Waals surface area contributed by atoms with Crippen LogP contribution in [0.2, 0.25) is 0 Å². The molecule has 25 heavy (non-hydrogen) atoms. The molecule has 0 bridgehead atoms. The lowest BCUT2D eigenvalue weighted by Gasteiger charge is -2.38. The molecule has 0 saturated heterocycles. The third-order valence-corrected chi connectivity index (χ3v) is 5.18. The summed E-state index contributed by atoms with van der Waals surface area (Å²) in [6, 6.07) is 13.6. The number of rotatable bonds is 4. The molecule has 0 aromatic heterocycles. The first-order valence-electron chi connectivity index (χ1n) is 8.71. The number of hydrogen-bond acceptors (Lipinski definition) is 3. The summed E-state index contributed by atoms with van der Waals surface area (Å²) in [4.78, 5) is 11.1. The molecule has 1 aliphatic heterocycles. The molecule has 2 aromatic carbocycles. The summed E-state index contributed by atoms with van der Waals surface area (Å²) in [6.45, 7) is 2.61. The van der Waals surface area contributed by atoms with E-state index in [1.54, 1.807) is 12.1 Å². The minimum absolute atomic E-state index is 0.136. The Hall–Kier alpha value is -2.75. The summed E-state index contributed by atoms with van der Waals surface area (Å²) in [6.07, 6.45) is 5.55. The Balaban J connectivity index is 1.74. The Kier molecular flexibility index (Phi) is 3.96. The summed E-state index contributed by atoms with van der Waals surface area (Å²) in [5, 5.41) is 12.8. The summed E-state index contributed by atoms with van der Waals surface area (Å²) >= 11 is 0. The molecule has 0 saturated carbocycles. The van der Waals surface area contributed by atoms with Gasteiger partial charge in [0.2, 0.25) is 0 Å². The molecule has 1 aliphatic carbocycles. The number of carbonyl (C=O) groups is 1. The number of aromatic carboxylic acids is 1. The maximum Gasteiger partial charge on any atom is 0.335 e. The third kappa shape index (κ3) is 2.68. The summed E-state index contributed by atoms with van der Waals surface area (Å²) in [7, 11) is 0. The van der Waals surface area contributed by atoms with E-state index in [2.05, 4.69) is 29.6 Å². The van der Waals surface area contributed by atoms with Crippen molar-refractivity contribution in [3.05, 3.63) is 71.3 Å². The van der Waals surface area contributed by atoms with Gasteiger partial charge in [-0.2, -0.15) is 0 Å². The van der Waals surface area contributed by atoms with Crippen LogP contribution in [0.3, 0.4) is 0 Å². The van der Waals surface area contributed by atoms with Gasteiger partial charge in [-0.3, -0.25) is 0 Å². The lowest BCUT2D eigenvalue weighted by molar-refractivity contribution is 0.0697. The second-order valence-electron chi connectivity index (χ2n) is 6.56. The van der Waals surface area contributed by atoms with Crippen LogP contribution in [-0.4, -0.2) is 17.7 Å². The van der Waals surface area contributed by atoms with E-state index in [1.165, 1.54) is 5.56 Å². The highest BCUT2D eigenvalue weighted by atomic mass is 16.5. The molecule has 3 atom stereocenters. The third-order valence-electron chi connectivity index (χ3n) is 5.18. The van der Waals surface area contributed by atoms with Crippen molar-refractivity contribution in [2.24, 2.45) is 5.92 Å². The van der Waals surface area contributed by atoms with Gasteiger partial charge in [-0.1, -0.05) is 36.4 Å². The molecular weight excluding hydrogens is 314 g/mol. The van der Waals surface area contributed by atoms with Crippen molar-refractivity contribution in [1.82, 2.24) is 0 Å². The molecule has 128 valence electrons. The number of para-hydroxylation sites is 1. The van der Waals surface area contributed by atoms with Crippen molar-refractivity contribution in [1.29, 1.82) is 0 Å². The summed E-state index contributed by atoms with van der Waals surface area (Å²) in [5.41, 5.74) is 3.77. The van der Waals surface area contributed by atoms with Crippen LogP contribution in [0.25, 0.3) is 0 Å². The van der Waals surface area contributed by atoms with Gasteiger partial charge in [-0.05, 0) is 48.6 Å². The monoisotopic (exact) mass is 335 g/mol. The van der Waals surface area contributed by atoms with Crippen LogP contribution in [0, 0.1) is 5.92 Å². The average Bonchev–Trinajstić information content (AvgIpc) is 3.12. The van der Waals surface area contributed by atoms with Gasteiger partial charge in [0.15, 0.2) is 0 Å². The second kappa shape index (κ2) is 6.28. The van der Waals surface area contributed by atoms with Gasteiger partial charge in [-0.25, -0.2) is 4.79 Å². The molecule has 4 heteroatoms. The van der Waals surface area contributed by atoms with E-state index in [4.69, 9.17) is 9.84 Å². The molecule has 0 spiro atoms.